The van der Waals surface area contributed by atoms with Gasteiger partial charge in [-0.15, -0.1) is 0 Å². The quantitative estimate of drug-likeness (QED) is 0.529. The molecule has 0 aliphatic heterocycles. The molecule has 1 aromatic carbocycles. The number of benzene rings is 1. The zero-order valence-corrected chi connectivity index (χ0v) is 16.7. The van der Waals surface area contributed by atoms with Crippen molar-refractivity contribution in [3.8, 4) is 22.4 Å². The van der Waals surface area contributed by atoms with Crippen molar-refractivity contribution in [2.75, 3.05) is 0 Å². The summed E-state index contributed by atoms with van der Waals surface area (Å²) in [5.41, 5.74) is 7.29. The summed E-state index contributed by atoms with van der Waals surface area (Å²) in [4.78, 5) is 10.1. The van der Waals surface area contributed by atoms with Crippen molar-refractivity contribution in [2.24, 2.45) is 0 Å². The van der Waals surface area contributed by atoms with Crippen LogP contribution in [-0.4, -0.2) is 9.97 Å². The molecule has 0 aliphatic rings. The monoisotopic (exact) mass is 373 g/mol. The predicted molar refractivity (Wildman–Crippen MR) is 115 cm³/mol. The molecule has 3 rings (SSSR count). The first-order chi connectivity index (χ1) is 12.9. The summed E-state index contributed by atoms with van der Waals surface area (Å²) < 4.78 is 0. The number of allylic oxidation sites excluding steroid dienone is 1. The van der Waals surface area contributed by atoms with Crippen molar-refractivity contribution in [1.82, 2.24) is 15.3 Å². The highest BCUT2D eigenvalue weighted by molar-refractivity contribution is 8.03. The van der Waals surface area contributed by atoms with Gasteiger partial charge in [-0.3, -0.25) is 9.97 Å². The van der Waals surface area contributed by atoms with E-state index >= 15 is 0 Å². The first-order valence-corrected chi connectivity index (χ1v) is 9.54. The largest absolute Gasteiger partial charge is 0.355 e. The molecule has 0 amide bonds. The number of hydrogen-bond donors (Lipinski definition) is 1. The molecule has 1 N–H and O–H groups in total. The molecule has 0 radical (unpaired) electrons. The van der Waals surface area contributed by atoms with Crippen molar-refractivity contribution >= 4 is 11.8 Å². The highest BCUT2D eigenvalue weighted by Gasteiger charge is 2.14. The lowest BCUT2D eigenvalue weighted by atomic mass is 9.99. The number of nitrogens with zero attached hydrogens (tertiary/aromatic N) is 2. The molecular weight excluding hydrogens is 350 g/mol. The van der Waals surface area contributed by atoms with Gasteiger partial charge in [0.15, 0.2) is 0 Å². The predicted octanol–water partition coefficient (Wildman–Crippen LogP) is 6.11. The molecule has 3 nitrogen and oxygen atoms in total. The van der Waals surface area contributed by atoms with Crippen LogP contribution in [0, 0.1) is 13.8 Å². The van der Waals surface area contributed by atoms with Crippen LogP contribution in [0.15, 0.2) is 83.6 Å². The fourth-order valence-corrected chi connectivity index (χ4v) is 3.84. The Bertz CT molecular complexity index is 994. The Morgan fingerprint density at radius 2 is 1.85 bits per heavy atom. The van der Waals surface area contributed by atoms with Crippen LogP contribution in [0.1, 0.15) is 18.2 Å². The van der Waals surface area contributed by atoms with Crippen molar-refractivity contribution in [3.05, 3.63) is 90.0 Å². The Kier molecular flexibility index (Phi) is 5.77. The number of thioether (sulfide) groups is 1. The molecule has 2 aromatic heterocycles. The summed E-state index contributed by atoms with van der Waals surface area (Å²) in [7, 11) is 0. The van der Waals surface area contributed by atoms with Gasteiger partial charge in [0.05, 0.1) is 10.7 Å². The topological polar surface area (TPSA) is 37.8 Å². The Labute approximate surface area is 165 Å². The number of aromatic nitrogens is 2. The van der Waals surface area contributed by atoms with Crippen LogP contribution in [0.25, 0.3) is 22.4 Å². The van der Waals surface area contributed by atoms with Crippen molar-refractivity contribution in [2.45, 2.75) is 25.7 Å². The van der Waals surface area contributed by atoms with E-state index in [4.69, 9.17) is 4.98 Å². The minimum absolute atomic E-state index is 0.841. The summed E-state index contributed by atoms with van der Waals surface area (Å²) in [6.45, 7) is 14.1. The van der Waals surface area contributed by atoms with Crippen LogP contribution >= 0.6 is 11.8 Å². The summed E-state index contributed by atoms with van der Waals surface area (Å²) >= 11 is 1.61. The van der Waals surface area contributed by atoms with E-state index in [2.05, 4.69) is 48.6 Å². The van der Waals surface area contributed by atoms with E-state index in [9.17, 15) is 0 Å². The summed E-state index contributed by atoms with van der Waals surface area (Å²) in [6, 6.07) is 14.5. The Hall–Kier alpha value is -2.85. The van der Waals surface area contributed by atoms with Crippen molar-refractivity contribution < 1.29 is 0 Å². The number of pyridine rings is 2. The maximum Gasteiger partial charge on any atom is 0.0716 e. The molecule has 0 bridgehead atoms. The van der Waals surface area contributed by atoms with Gasteiger partial charge in [-0.25, -0.2) is 0 Å². The normalized spacial score (nSPS) is 10.5. The van der Waals surface area contributed by atoms with E-state index in [0.29, 0.717) is 0 Å². The van der Waals surface area contributed by atoms with E-state index in [0.717, 1.165) is 43.7 Å². The van der Waals surface area contributed by atoms with E-state index in [1.54, 1.807) is 18.0 Å². The lowest BCUT2D eigenvalue weighted by Crippen LogP contribution is -2.06. The van der Waals surface area contributed by atoms with E-state index in [1.807, 2.05) is 44.3 Å². The van der Waals surface area contributed by atoms with Crippen LogP contribution < -0.4 is 5.32 Å². The second kappa shape index (κ2) is 8.23. The molecule has 0 atom stereocenters. The fourth-order valence-electron chi connectivity index (χ4n) is 2.88. The molecule has 2 heterocycles. The highest BCUT2D eigenvalue weighted by Crippen LogP contribution is 2.39. The van der Waals surface area contributed by atoms with Crippen LogP contribution in [0.5, 0.6) is 0 Å². The molecule has 0 fully saturated rings. The average molecular weight is 374 g/mol. The smallest absolute Gasteiger partial charge is 0.0716 e. The number of aryl methyl sites for hydroxylation is 2. The van der Waals surface area contributed by atoms with Crippen LogP contribution in [0.2, 0.25) is 0 Å². The Balaban J connectivity index is 2.14. The standard InChI is InChI=1S/C23H23N3S/c1-15(2)25-18(5)27-23-16(3)12-20(19-9-7-11-24-14-19)13-21(23)22-10-6-8-17(4)26-22/h6-14,25H,1,5H2,2-4H3. The molecule has 0 spiro atoms. The van der Waals surface area contributed by atoms with Crippen LogP contribution in [0.3, 0.4) is 0 Å². The van der Waals surface area contributed by atoms with Gasteiger partial charge in [0.1, 0.15) is 0 Å². The first-order valence-electron chi connectivity index (χ1n) is 8.72. The average Bonchev–Trinajstić information content (AvgIpc) is 2.63. The second-order valence-corrected chi connectivity index (χ2v) is 7.61. The van der Waals surface area contributed by atoms with Gasteiger partial charge in [-0.2, -0.15) is 0 Å². The van der Waals surface area contributed by atoms with Crippen molar-refractivity contribution in [3.63, 3.8) is 0 Å². The first kappa shape index (κ1) is 18.9. The third-order valence-electron chi connectivity index (χ3n) is 4.01. The molecular formula is C23H23N3S. The van der Waals surface area contributed by atoms with E-state index in [-0.39, 0.29) is 0 Å². The fraction of sp³-hybridized carbons (Fsp3) is 0.130. The zero-order chi connectivity index (χ0) is 19.4. The molecule has 0 aliphatic carbocycles. The van der Waals surface area contributed by atoms with Gasteiger partial charge in [-0.1, -0.05) is 43.1 Å². The molecule has 0 saturated carbocycles. The Morgan fingerprint density at radius 3 is 2.52 bits per heavy atom. The van der Waals surface area contributed by atoms with Gasteiger partial charge < -0.3 is 5.32 Å². The summed E-state index contributed by atoms with van der Waals surface area (Å²) in [5, 5.41) is 4.04. The Morgan fingerprint density at radius 1 is 1.04 bits per heavy atom. The summed E-state index contributed by atoms with van der Waals surface area (Å²) in [5.74, 6) is 0. The van der Waals surface area contributed by atoms with E-state index in [1.165, 1.54) is 5.56 Å². The minimum Gasteiger partial charge on any atom is -0.355 e. The number of rotatable bonds is 6. The van der Waals surface area contributed by atoms with Gasteiger partial charge >= 0.3 is 0 Å². The van der Waals surface area contributed by atoms with Gasteiger partial charge in [0.25, 0.3) is 0 Å². The molecule has 0 saturated heterocycles. The van der Waals surface area contributed by atoms with Crippen LogP contribution in [0.4, 0.5) is 0 Å². The lowest BCUT2D eigenvalue weighted by molar-refractivity contribution is 1.05. The molecule has 4 heteroatoms. The third kappa shape index (κ3) is 4.66. The van der Waals surface area contributed by atoms with E-state index < -0.39 is 0 Å². The number of hydrogen-bond acceptors (Lipinski definition) is 4. The summed E-state index contributed by atoms with van der Waals surface area (Å²) in [6.07, 6.45) is 3.67. The molecule has 3 aromatic rings. The maximum absolute atomic E-state index is 4.75. The van der Waals surface area contributed by atoms with Gasteiger partial charge in [0, 0.05) is 39.8 Å². The van der Waals surface area contributed by atoms with Gasteiger partial charge in [-0.05, 0) is 56.2 Å². The maximum atomic E-state index is 4.75. The number of nitrogens with one attached hydrogen (secondary N) is 1. The van der Waals surface area contributed by atoms with Gasteiger partial charge in [0.2, 0.25) is 0 Å². The minimum atomic E-state index is 0.841. The van der Waals surface area contributed by atoms with Crippen LogP contribution in [-0.2, 0) is 0 Å². The van der Waals surface area contributed by atoms with Crippen molar-refractivity contribution in [1.29, 1.82) is 0 Å². The lowest BCUT2D eigenvalue weighted by Gasteiger charge is -2.17. The SMILES string of the molecule is C=C(C)NC(=C)Sc1c(C)cc(-c2cccnc2)cc1-c1cccc(C)n1. The molecule has 0 unspecified atom stereocenters. The third-order valence-corrected chi connectivity index (χ3v) is 5.11. The second-order valence-electron chi connectivity index (χ2n) is 6.51. The molecule has 27 heavy (non-hydrogen) atoms. The zero-order valence-electron chi connectivity index (χ0n) is 15.9. The highest BCUT2D eigenvalue weighted by atomic mass is 32.2. The molecule has 136 valence electrons.